The molecule has 2 aromatic rings. The summed E-state index contributed by atoms with van der Waals surface area (Å²) in [5.41, 5.74) is 4.21. The number of hydrogen-bond acceptors (Lipinski definition) is 5. The minimum Gasteiger partial charge on any atom is -0.396 e. The summed E-state index contributed by atoms with van der Waals surface area (Å²) in [6.45, 7) is 0.883. The normalized spacial score (nSPS) is 13.6. The van der Waals surface area contributed by atoms with Crippen molar-refractivity contribution in [3.8, 4) is 5.69 Å². The van der Waals surface area contributed by atoms with Crippen molar-refractivity contribution in [1.29, 1.82) is 0 Å². The van der Waals surface area contributed by atoms with Crippen LogP contribution in [0.4, 0.5) is 5.69 Å². The molecule has 6 nitrogen and oxygen atoms in total. The van der Waals surface area contributed by atoms with Crippen molar-refractivity contribution < 1.29 is 10.2 Å². The number of nitrogens with zero attached hydrogens (tertiary/aromatic N) is 3. The topological polar surface area (TPSA) is 83.2 Å². The van der Waals surface area contributed by atoms with Crippen LogP contribution in [0.1, 0.15) is 11.3 Å². The van der Waals surface area contributed by atoms with Crippen LogP contribution < -0.4 is 5.32 Å². The zero-order chi connectivity index (χ0) is 13.9. The van der Waals surface area contributed by atoms with E-state index in [9.17, 15) is 0 Å². The summed E-state index contributed by atoms with van der Waals surface area (Å²) in [5.74, 6) is -0.179. The molecule has 20 heavy (non-hydrogen) atoms. The fourth-order valence-corrected chi connectivity index (χ4v) is 2.42. The number of hydrogen-bond donors (Lipinski definition) is 3. The maximum absolute atomic E-state index is 9.09. The van der Waals surface area contributed by atoms with Crippen molar-refractivity contribution in [3.05, 3.63) is 35.7 Å². The quantitative estimate of drug-likeness (QED) is 0.734. The number of anilines is 1. The van der Waals surface area contributed by atoms with E-state index in [2.05, 4.69) is 27.8 Å². The zero-order valence-electron chi connectivity index (χ0n) is 11.2. The number of fused-ring (bicyclic) bond motifs is 1. The average molecular weight is 274 g/mol. The maximum Gasteiger partial charge on any atom is 0.0836 e. The van der Waals surface area contributed by atoms with Gasteiger partial charge >= 0.3 is 0 Å². The van der Waals surface area contributed by atoms with E-state index in [4.69, 9.17) is 10.2 Å². The highest BCUT2D eigenvalue weighted by Gasteiger charge is 2.13. The molecule has 106 valence electrons. The van der Waals surface area contributed by atoms with Gasteiger partial charge in [0.2, 0.25) is 0 Å². The molecule has 0 fully saturated rings. The van der Waals surface area contributed by atoms with Crippen molar-refractivity contribution in [1.82, 2.24) is 15.0 Å². The molecule has 0 unspecified atom stereocenters. The lowest BCUT2D eigenvalue weighted by Crippen LogP contribution is -2.14. The van der Waals surface area contributed by atoms with Crippen LogP contribution in [0.25, 0.3) is 5.69 Å². The number of aliphatic hydroxyl groups excluding tert-OH is 2. The molecule has 3 rings (SSSR count). The summed E-state index contributed by atoms with van der Waals surface area (Å²) in [4.78, 5) is 0. The maximum atomic E-state index is 9.09. The van der Waals surface area contributed by atoms with E-state index in [1.54, 1.807) is 4.68 Å². The van der Waals surface area contributed by atoms with Crippen LogP contribution in [0.2, 0.25) is 0 Å². The molecular formula is C14H18N4O2. The number of rotatable bonds is 5. The highest BCUT2D eigenvalue weighted by atomic mass is 16.3. The molecule has 0 atom stereocenters. The lowest BCUT2D eigenvalue weighted by molar-refractivity contribution is 0.149. The van der Waals surface area contributed by atoms with E-state index in [0.717, 1.165) is 30.0 Å². The fourth-order valence-electron chi connectivity index (χ4n) is 2.42. The van der Waals surface area contributed by atoms with Gasteiger partial charge in [-0.3, -0.25) is 0 Å². The van der Waals surface area contributed by atoms with Gasteiger partial charge in [0.25, 0.3) is 0 Å². The zero-order valence-corrected chi connectivity index (χ0v) is 11.2. The Bertz CT molecular complexity index is 593. The molecule has 3 N–H and O–H groups in total. The summed E-state index contributed by atoms with van der Waals surface area (Å²) in [6, 6.07) is 6.20. The van der Waals surface area contributed by atoms with Crippen molar-refractivity contribution in [2.45, 2.75) is 12.8 Å². The Balaban J connectivity index is 1.79. The molecule has 0 spiro atoms. The Morgan fingerprint density at radius 3 is 2.95 bits per heavy atom. The van der Waals surface area contributed by atoms with Gasteiger partial charge in [-0.15, -0.1) is 5.10 Å². The van der Waals surface area contributed by atoms with E-state index >= 15 is 0 Å². The molecule has 1 aliphatic heterocycles. The number of aliphatic hydroxyl groups is 2. The molecule has 1 aromatic heterocycles. The Morgan fingerprint density at radius 1 is 1.30 bits per heavy atom. The Morgan fingerprint density at radius 2 is 2.15 bits per heavy atom. The standard InChI is InChI=1S/C14H18N4O2/c19-8-10(9-20)5-12-7-18(17-16-12)13-2-1-11-3-4-15-14(11)6-13/h1-2,6-7,10,15,19-20H,3-5,8-9H2. The van der Waals surface area contributed by atoms with Gasteiger partial charge in [-0.05, 0) is 24.1 Å². The van der Waals surface area contributed by atoms with Crippen LogP contribution in [-0.2, 0) is 12.8 Å². The molecule has 0 radical (unpaired) electrons. The fraction of sp³-hybridized carbons (Fsp3) is 0.429. The molecule has 6 heteroatoms. The van der Waals surface area contributed by atoms with Gasteiger partial charge in [-0.2, -0.15) is 0 Å². The lowest BCUT2D eigenvalue weighted by Gasteiger charge is -2.07. The number of aromatic nitrogens is 3. The van der Waals surface area contributed by atoms with Crippen molar-refractivity contribution in [3.63, 3.8) is 0 Å². The van der Waals surface area contributed by atoms with Crippen LogP contribution >= 0.6 is 0 Å². The van der Waals surface area contributed by atoms with Gasteiger partial charge in [0.1, 0.15) is 0 Å². The Hall–Kier alpha value is -1.92. The van der Waals surface area contributed by atoms with E-state index in [1.807, 2.05) is 12.3 Å². The molecule has 0 amide bonds. The third-order valence-corrected chi connectivity index (χ3v) is 3.62. The monoisotopic (exact) mass is 274 g/mol. The first kappa shape index (κ1) is 13.1. The van der Waals surface area contributed by atoms with E-state index in [-0.39, 0.29) is 19.1 Å². The molecule has 1 aromatic carbocycles. The summed E-state index contributed by atoms with van der Waals surface area (Å²) in [6.07, 6.45) is 3.43. The first-order chi connectivity index (χ1) is 9.80. The first-order valence-electron chi connectivity index (χ1n) is 6.80. The molecule has 1 aliphatic rings. The van der Waals surface area contributed by atoms with Gasteiger partial charge < -0.3 is 15.5 Å². The molecule has 2 heterocycles. The van der Waals surface area contributed by atoms with E-state index < -0.39 is 0 Å². The SMILES string of the molecule is OCC(CO)Cc1cn(-c2ccc3c(c2)NCC3)nn1. The number of nitrogens with one attached hydrogen (secondary N) is 1. The predicted octanol–water partition coefficient (Wildman–Crippen LogP) is 0.379. The minimum absolute atomic E-state index is 0.0495. The van der Waals surface area contributed by atoms with Crippen LogP contribution in [0.15, 0.2) is 24.4 Å². The van der Waals surface area contributed by atoms with Crippen molar-refractivity contribution >= 4 is 5.69 Å². The molecular weight excluding hydrogens is 256 g/mol. The highest BCUT2D eigenvalue weighted by molar-refractivity contribution is 5.60. The van der Waals surface area contributed by atoms with Gasteiger partial charge in [0.05, 0.1) is 17.6 Å². The second-order valence-electron chi connectivity index (χ2n) is 5.11. The molecule has 0 bridgehead atoms. The lowest BCUT2D eigenvalue weighted by atomic mass is 10.1. The second-order valence-corrected chi connectivity index (χ2v) is 5.11. The summed E-state index contributed by atoms with van der Waals surface area (Å²) in [7, 11) is 0. The largest absolute Gasteiger partial charge is 0.396 e. The summed E-state index contributed by atoms with van der Waals surface area (Å²) >= 11 is 0. The predicted molar refractivity (Wildman–Crippen MR) is 74.9 cm³/mol. The molecule has 0 saturated carbocycles. The van der Waals surface area contributed by atoms with Gasteiger partial charge in [-0.1, -0.05) is 11.3 Å². The third kappa shape index (κ3) is 2.52. The van der Waals surface area contributed by atoms with Crippen LogP contribution in [0, 0.1) is 5.92 Å². The highest BCUT2D eigenvalue weighted by Crippen LogP contribution is 2.24. The van der Waals surface area contributed by atoms with Crippen LogP contribution in [0.5, 0.6) is 0 Å². The van der Waals surface area contributed by atoms with E-state index in [1.165, 1.54) is 5.56 Å². The average Bonchev–Trinajstić information content (AvgIpc) is 3.12. The number of benzene rings is 1. The van der Waals surface area contributed by atoms with Crippen LogP contribution in [-0.4, -0.2) is 45.0 Å². The molecule has 0 saturated heterocycles. The first-order valence-corrected chi connectivity index (χ1v) is 6.80. The van der Waals surface area contributed by atoms with Crippen LogP contribution in [0.3, 0.4) is 0 Å². The van der Waals surface area contributed by atoms with Gasteiger partial charge in [0, 0.05) is 37.8 Å². The summed E-state index contributed by atoms with van der Waals surface area (Å²) in [5, 5.41) is 29.7. The van der Waals surface area contributed by atoms with Gasteiger partial charge in [-0.25, -0.2) is 4.68 Å². The Kier molecular flexibility index (Phi) is 3.66. The third-order valence-electron chi connectivity index (χ3n) is 3.62. The smallest absolute Gasteiger partial charge is 0.0836 e. The second kappa shape index (κ2) is 5.60. The molecule has 0 aliphatic carbocycles. The minimum atomic E-state index is -0.179. The Labute approximate surface area is 117 Å². The van der Waals surface area contributed by atoms with Crippen molar-refractivity contribution in [2.75, 3.05) is 25.1 Å². The summed E-state index contributed by atoms with van der Waals surface area (Å²) < 4.78 is 1.72. The van der Waals surface area contributed by atoms with Crippen molar-refractivity contribution in [2.24, 2.45) is 5.92 Å². The van der Waals surface area contributed by atoms with Gasteiger partial charge in [0.15, 0.2) is 0 Å². The van der Waals surface area contributed by atoms with E-state index in [0.29, 0.717) is 6.42 Å².